The highest BCUT2D eigenvalue weighted by Crippen LogP contribution is 2.20. The van der Waals surface area contributed by atoms with Gasteiger partial charge in [0.25, 0.3) is 5.91 Å². The van der Waals surface area contributed by atoms with Crippen molar-refractivity contribution in [1.29, 1.82) is 0 Å². The normalized spacial score (nSPS) is 10.7. The number of amides is 1. The van der Waals surface area contributed by atoms with Gasteiger partial charge >= 0.3 is 0 Å². The maximum atomic E-state index is 13.4. The lowest BCUT2D eigenvalue weighted by Gasteiger charge is -2.21. The fourth-order valence-electron chi connectivity index (χ4n) is 1.14. The second-order valence-electron chi connectivity index (χ2n) is 3.76. The Balaban J connectivity index is 3.18. The quantitative estimate of drug-likeness (QED) is 0.766. The number of hydrogen-bond acceptors (Lipinski definition) is 1. The van der Waals surface area contributed by atoms with Crippen LogP contribution < -0.4 is 0 Å². The van der Waals surface area contributed by atoms with Gasteiger partial charge in [0.2, 0.25) is 0 Å². The largest absolute Gasteiger partial charge is 0.339 e. The van der Waals surface area contributed by atoms with Crippen LogP contribution in [0.5, 0.6) is 0 Å². The molecule has 0 unspecified atom stereocenters. The molecule has 0 aliphatic carbocycles. The van der Waals surface area contributed by atoms with Crippen LogP contribution in [0.1, 0.15) is 24.2 Å². The topological polar surface area (TPSA) is 20.3 Å². The summed E-state index contributed by atoms with van der Waals surface area (Å²) in [5.41, 5.74) is -0.261. The fourth-order valence-corrected chi connectivity index (χ4v) is 1.57. The Morgan fingerprint density at radius 2 is 1.94 bits per heavy atom. The van der Waals surface area contributed by atoms with Crippen LogP contribution in [0, 0.1) is 11.6 Å². The lowest BCUT2D eigenvalue weighted by molar-refractivity contribution is 0.0749. The van der Waals surface area contributed by atoms with Gasteiger partial charge in [0, 0.05) is 17.6 Å². The molecule has 0 spiro atoms. The van der Waals surface area contributed by atoms with Gasteiger partial charge in [0.05, 0.1) is 5.56 Å². The zero-order valence-electron chi connectivity index (χ0n) is 9.22. The Morgan fingerprint density at radius 3 is 2.44 bits per heavy atom. The van der Waals surface area contributed by atoms with E-state index >= 15 is 0 Å². The summed E-state index contributed by atoms with van der Waals surface area (Å²) in [5.74, 6) is -2.68. The van der Waals surface area contributed by atoms with E-state index in [1.54, 1.807) is 20.9 Å². The molecule has 0 heterocycles. The summed E-state index contributed by atoms with van der Waals surface area (Å²) in [4.78, 5) is 13.2. The fraction of sp³-hybridized carbons (Fsp3) is 0.364. The zero-order chi connectivity index (χ0) is 12.5. The van der Waals surface area contributed by atoms with Crippen LogP contribution >= 0.6 is 15.9 Å². The molecule has 0 bridgehead atoms. The molecule has 0 aliphatic rings. The van der Waals surface area contributed by atoms with Crippen molar-refractivity contribution in [3.05, 3.63) is 33.8 Å². The predicted molar refractivity (Wildman–Crippen MR) is 61.3 cm³/mol. The minimum Gasteiger partial charge on any atom is -0.339 e. The molecule has 2 nitrogen and oxygen atoms in total. The average molecular weight is 292 g/mol. The Bertz CT molecular complexity index is 421. The molecule has 0 atom stereocenters. The Labute approximate surface area is 101 Å². The van der Waals surface area contributed by atoms with Crippen molar-refractivity contribution < 1.29 is 13.6 Å². The third kappa shape index (κ3) is 2.58. The summed E-state index contributed by atoms with van der Waals surface area (Å²) in [5, 5.41) is 0. The van der Waals surface area contributed by atoms with E-state index in [0.29, 0.717) is 4.47 Å². The van der Waals surface area contributed by atoms with Crippen molar-refractivity contribution in [2.45, 2.75) is 19.9 Å². The lowest BCUT2D eigenvalue weighted by atomic mass is 10.1. The molecule has 1 aromatic rings. The monoisotopic (exact) mass is 291 g/mol. The highest BCUT2D eigenvalue weighted by Gasteiger charge is 2.21. The van der Waals surface area contributed by atoms with Gasteiger partial charge in [-0.3, -0.25) is 4.79 Å². The molecule has 16 heavy (non-hydrogen) atoms. The maximum absolute atomic E-state index is 13.4. The number of carbonyl (C=O) groups is 1. The molecule has 0 N–H and O–H groups in total. The van der Waals surface area contributed by atoms with Gasteiger partial charge in [0.15, 0.2) is 11.6 Å². The van der Waals surface area contributed by atoms with Crippen LogP contribution in [-0.4, -0.2) is 23.9 Å². The standard InChI is InChI=1S/C11H12BrF2NO/c1-6(2)15(3)11(16)8-4-7(12)5-9(13)10(8)14/h4-6H,1-3H3. The minimum atomic E-state index is -1.11. The van der Waals surface area contributed by atoms with E-state index in [2.05, 4.69) is 15.9 Å². The third-order valence-corrected chi connectivity index (χ3v) is 2.78. The second kappa shape index (κ2) is 4.91. The van der Waals surface area contributed by atoms with Crippen molar-refractivity contribution in [3.63, 3.8) is 0 Å². The molecule has 0 saturated heterocycles. The van der Waals surface area contributed by atoms with Gasteiger partial charge < -0.3 is 4.90 Å². The van der Waals surface area contributed by atoms with Crippen molar-refractivity contribution in [2.24, 2.45) is 0 Å². The van der Waals surface area contributed by atoms with E-state index in [4.69, 9.17) is 0 Å². The predicted octanol–water partition coefficient (Wildman–Crippen LogP) is 3.21. The molecule has 0 saturated carbocycles. The van der Waals surface area contributed by atoms with Crippen LogP contribution in [0.25, 0.3) is 0 Å². The first-order valence-electron chi connectivity index (χ1n) is 4.76. The summed E-state index contributed by atoms with van der Waals surface area (Å²) < 4.78 is 26.8. The van der Waals surface area contributed by atoms with E-state index in [1.807, 2.05) is 0 Å². The Hall–Kier alpha value is -0.970. The first-order valence-corrected chi connectivity index (χ1v) is 5.55. The number of benzene rings is 1. The molecule has 0 fully saturated rings. The molecular weight excluding hydrogens is 280 g/mol. The summed E-state index contributed by atoms with van der Waals surface area (Å²) in [6.07, 6.45) is 0. The molecule has 0 aliphatic heterocycles. The van der Waals surface area contributed by atoms with E-state index in [9.17, 15) is 13.6 Å². The van der Waals surface area contributed by atoms with Gasteiger partial charge in [-0.15, -0.1) is 0 Å². The van der Waals surface area contributed by atoms with Crippen LogP contribution in [0.2, 0.25) is 0 Å². The zero-order valence-corrected chi connectivity index (χ0v) is 10.8. The Morgan fingerprint density at radius 1 is 1.38 bits per heavy atom. The third-order valence-electron chi connectivity index (χ3n) is 2.32. The molecular formula is C11H12BrF2NO. The minimum absolute atomic E-state index is 0.0751. The van der Waals surface area contributed by atoms with Crippen molar-refractivity contribution in [2.75, 3.05) is 7.05 Å². The first kappa shape index (κ1) is 13.1. The molecule has 88 valence electrons. The van der Waals surface area contributed by atoms with Crippen LogP contribution in [0.15, 0.2) is 16.6 Å². The average Bonchev–Trinajstić information content (AvgIpc) is 2.21. The lowest BCUT2D eigenvalue weighted by Crippen LogP contribution is -2.33. The van der Waals surface area contributed by atoms with Gasteiger partial charge in [-0.2, -0.15) is 0 Å². The maximum Gasteiger partial charge on any atom is 0.256 e. The summed E-state index contributed by atoms with van der Waals surface area (Å²) in [7, 11) is 1.55. The van der Waals surface area contributed by atoms with Crippen molar-refractivity contribution in [3.8, 4) is 0 Å². The van der Waals surface area contributed by atoms with E-state index in [-0.39, 0.29) is 11.6 Å². The molecule has 0 radical (unpaired) electrons. The second-order valence-corrected chi connectivity index (χ2v) is 4.67. The highest BCUT2D eigenvalue weighted by atomic mass is 79.9. The number of rotatable bonds is 2. The summed E-state index contributed by atoms with van der Waals surface area (Å²) in [6, 6.07) is 2.19. The summed E-state index contributed by atoms with van der Waals surface area (Å²) in [6.45, 7) is 3.59. The van der Waals surface area contributed by atoms with Gasteiger partial charge in [0.1, 0.15) is 0 Å². The number of nitrogens with zero attached hydrogens (tertiary/aromatic N) is 1. The molecule has 1 aromatic carbocycles. The van der Waals surface area contributed by atoms with Gasteiger partial charge in [-0.25, -0.2) is 8.78 Å². The SMILES string of the molecule is CC(C)N(C)C(=O)c1cc(Br)cc(F)c1F. The van der Waals surface area contributed by atoms with Crippen molar-refractivity contribution >= 4 is 21.8 Å². The molecule has 1 amide bonds. The van der Waals surface area contributed by atoms with E-state index < -0.39 is 17.5 Å². The highest BCUT2D eigenvalue weighted by molar-refractivity contribution is 9.10. The Kier molecular flexibility index (Phi) is 4.02. The van der Waals surface area contributed by atoms with Gasteiger partial charge in [-0.1, -0.05) is 15.9 Å². The van der Waals surface area contributed by atoms with Crippen LogP contribution in [0.4, 0.5) is 8.78 Å². The van der Waals surface area contributed by atoms with Crippen LogP contribution in [-0.2, 0) is 0 Å². The van der Waals surface area contributed by atoms with E-state index in [0.717, 1.165) is 6.07 Å². The molecule has 0 aromatic heterocycles. The molecule has 5 heteroatoms. The van der Waals surface area contributed by atoms with Gasteiger partial charge in [-0.05, 0) is 26.0 Å². The smallest absolute Gasteiger partial charge is 0.256 e. The number of carbonyl (C=O) groups excluding carboxylic acids is 1. The van der Waals surface area contributed by atoms with Crippen molar-refractivity contribution in [1.82, 2.24) is 4.90 Å². The number of halogens is 3. The summed E-state index contributed by atoms with van der Waals surface area (Å²) >= 11 is 3.02. The number of hydrogen-bond donors (Lipinski definition) is 0. The first-order chi connectivity index (χ1) is 7.34. The molecule has 1 rings (SSSR count). The van der Waals surface area contributed by atoms with E-state index in [1.165, 1.54) is 11.0 Å². The van der Waals surface area contributed by atoms with Crippen LogP contribution in [0.3, 0.4) is 0 Å².